The van der Waals surface area contributed by atoms with Gasteiger partial charge in [0.05, 0.1) is 16.1 Å². The molecule has 0 aliphatic carbocycles. The smallest absolute Gasteiger partial charge is 0.0856 e. The second kappa shape index (κ2) is 5.37. The van der Waals surface area contributed by atoms with E-state index in [9.17, 15) is 5.11 Å². The summed E-state index contributed by atoms with van der Waals surface area (Å²) in [6.07, 6.45) is 0.169. The highest BCUT2D eigenvalue weighted by molar-refractivity contribution is 6.42. The third-order valence-corrected chi connectivity index (χ3v) is 3.93. The Hall–Kier alpha value is -0.280. The van der Waals surface area contributed by atoms with Gasteiger partial charge in [-0.15, -0.1) is 0 Å². The molecule has 0 aromatic heterocycles. The van der Waals surface area contributed by atoms with Crippen LogP contribution < -0.4 is 5.73 Å². The fourth-order valence-electron chi connectivity index (χ4n) is 1.53. The van der Waals surface area contributed by atoms with Crippen LogP contribution in [0.25, 0.3) is 0 Å². The summed E-state index contributed by atoms with van der Waals surface area (Å²) >= 11 is 11.7. The first kappa shape index (κ1) is 13.8. The van der Waals surface area contributed by atoms with Gasteiger partial charge in [-0.3, -0.25) is 0 Å². The number of hydrogen-bond acceptors (Lipinski definition) is 2. The molecule has 0 fully saturated rings. The van der Waals surface area contributed by atoms with Gasteiger partial charge in [0.25, 0.3) is 0 Å². The third-order valence-electron chi connectivity index (χ3n) is 3.19. The summed E-state index contributed by atoms with van der Waals surface area (Å²) < 4.78 is 0. The van der Waals surface area contributed by atoms with Crippen molar-refractivity contribution in [3.8, 4) is 0 Å². The molecule has 0 spiro atoms. The molecular formula is C12H17Cl2NO. The van der Waals surface area contributed by atoms with E-state index in [1.807, 2.05) is 13.8 Å². The monoisotopic (exact) mass is 261 g/mol. The van der Waals surface area contributed by atoms with E-state index in [0.29, 0.717) is 16.6 Å². The van der Waals surface area contributed by atoms with Gasteiger partial charge in [-0.05, 0) is 24.1 Å². The van der Waals surface area contributed by atoms with Crippen molar-refractivity contribution in [3.63, 3.8) is 0 Å². The summed E-state index contributed by atoms with van der Waals surface area (Å²) in [5, 5.41) is 11.2. The van der Waals surface area contributed by atoms with Crippen LogP contribution in [-0.2, 0) is 0 Å². The largest absolute Gasteiger partial charge is 0.388 e. The summed E-state index contributed by atoms with van der Waals surface area (Å²) in [6.45, 7) is 4.39. The van der Waals surface area contributed by atoms with Gasteiger partial charge >= 0.3 is 0 Å². The maximum Gasteiger partial charge on any atom is 0.0856 e. The lowest BCUT2D eigenvalue weighted by Crippen LogP contribution is -2.33. The van der Waals surface area contributed by atoms with Gasteiger partial charge in [-0.2, -0.15) is 0 Å². The van der Waals surface area contributed by atoms with Crippen molar-refractivity contribution in [3.05, 3.63) is 33.8 Å². The highest BCUT2D eigenvalue weighted by Crippen LogP contribution is 2.37. The summed E-state index contributed by atoms with van der Waals surface area (Å²) in [4.78, 5) is 0. The van der Waals surface area contributed by atoms with Crippen molar-refractivity contribution in [1.29, 1.82) is 0 Å². The predicted octanol–water partition coefficient (Wildman–Crippen LogP) is 3.40. The Morgan fingerprint density at radius 2 is 2.00 bits per heavy atom. The maximum atomic E-state index is 10.3. The lowest BCUT2D eigenvalue weighted by molar-refractivity contribution is 0.0392. The van der Waals surface area contributed by atoms with E-state index in [1.54, 1.807) is 18.2 Å². The Kier molecular flexibility index (Phi) is 4.62. The number of halogens is 2. The highest BCUT2D eigenvalue weighted by Gasteiger charge is 2.31. The molecule has 1 rings (SSSR count). The van der Waals surface area contributed by atoms with E-state index in [0.717, 1.165) is 12.0 Å². The number of hydrogen-bond donors (Lipinski definition) is 2. The molecule has 0 saturated carbocycles. The van der Waals surface area contributed by atoms with Crippen LogP contribution in [0.5, 0.6) is 0 Å². The minimum absolute atomic E-state index is 0.336. The summed E-state index contributed by atoms with van der Waals surface area (Å²) in [6, 6.07) is 5.16. The van der Waals surface area contributed by atoms with Crippen LogP contribution in [0.3, 0.4) is 0 Å². The Bertz CT molecular complexity index is 364. The number of nitrogens with two attached hydrogens (primary N) is 1. The van der Waals surface area contributed by atoms with Crippen LogP contribution in [0.2, 0.25) is 10.0 Å². The fourth-order valence-corrected chi connectivity index (χ4v) is 1.84. The lowest BCUT2D eigenvalue weighted by atomic mass is 9.78. The van der Waals surface area contributed by atoms with Gasteiger partial charge < -0.3 is 10.8 Å². The van der Waals surface area contributed by atoms with Crippen molar-refractivity contribution in [2.24, 2.45) is 11.1 Å². The van der Waals surface area contributed by atoms with Crippen molar-refractivity contribution in [1.82, 2.24) is 0 Å². The van der Waals surface area contributed by atoms with Crippen LogP contribution in [0.1, 0.15) is 31.9 Å². The van der Waals surface area contributed by atoms with Gasteiger partial charge in [0.1, 0.15) is 0 Å². The number of aliphatic hydroxyl groups is 1. The molecule has 0 aliphatic rings. The molecule has 3 N–H and O–H groups in total. The fraction of sp³-hybridized carbons (Fsp3) is 0.500. The van der Waals surface area contributed by atoms with Crippen LogP contribution in [0.15, 0.2) is 18.2 Å². The topological polar surface area (TPSA) is 46.2 Å². The summed E-state index contributed by atoms with van der Waals surface area (Å²) in [5.74, 6) is 0. The van der Waals surface area contributed by atoms with Crippen LogP contribution in [0, 0.1) is 5.41 Å². The van der Waals surface area contributed by atoms with Crippen molar-refractivity contribution < 1.29 is 5.11 Å². The van der Waals surface area contributed by atoms with Crippen molar-refractivity contribution in [2.45, 2.75) is 26.4 Å². The third kappa shape index (κ3) is 2.69. The van der Waals surface area contributed by atoms with E-state index in [2.05, 4.69) is 0 Å². The molecule has 0 bridgehead atoms. The molecule has 0 aliphatic heterocycles. The molecule has 0 amide bonds. The Balaban J connectivity index is 3.04. The van der Waals surface area contributed by atoms with E-state index < -0.39 is 6.10 Å². The molecule has 0 radical (unpaired) electrons. The van der Waals surface area contributed by atoms with Crippen molar-refractivity contribution >= 4 is 23.2 Å². The molecule has 1 aromatic carbocycles. The first-order valence-electron chi connectivity index (χ1n) is 5.27. The first-order valence-corrected chi connectivity index (χ1v) is 6.03. The van der Waals surface area contributed by atoms with E-state index >= 15 is 0 Å². The zero-order valence-corrected chi connectivity index (χ0v) is 11.0. The SMILES string of the molecule is CCC(C)(CN)C(O)c1ccc(Cl)c(Cl)c1. The average Bonchev–Trinajstić information content (AvgIpc) is 2.30. The molecule has 1 aromatic rings. The molecule has 2 atom stereocenters. The van der Waals surface area contributed by atoms with Gasteiger partial charge in [-0.1, -0.05) is 43.1 Å². The summed E-state index contributed by atoms with van der Waals surface area (Å²) in [7, 11) is 0. The standard InChI is InChI=1S/C12H17Cl2NO/c1-3-12(2,7-15)11(16)8-4-5-9(13)10(14)6-8/h4-6,11,16H,3,7,15H2,1-2H3. The average molecular weight is 262 g/mol. The Morgan fingerprint density at radius 3 is 2.44 bits per heavy atom. The zero-order chi connectivity index (χ0) is 12.3. The van der Waals surface area contributed by atoms with Gasteiger partial charge in [0.15, 0.2) is 0 Å². The highest BCUT2D eigenvalue weighted by atomic mass is 35.5. The summed E-state index contributed by atoms with van der Waals surface area (Å²) in [5.41, 5.74) is 6.12. The van der Waals surface area contributed by atoms with Gasteiger partial charge in [0, 0.05) is 12.0 Å². The molecular weight excluding hydrogens is 245 g/mol. The Labute approximate surface area is 106 Å². The predicted molar refractivity (Wildman–Crippen MR) is 68.9 cm³/mol. The Morgan fingerprint density at radius 1 is 1.38 bits per heavy atom. The second-order valence-electron chi connectivity index (χ2n) is 4.29. The molecule has 4 heteroatoms. The zero-order valence-electron chi connectivity index (χ0n) is 9.50. The quantitative estimate of drug-likeness (QED) is 0.873. The first-order chi connectivity index (χ1) is 7.44. The lowest BCUT2D eigenvalue weighted by Gasteiger charge is -2.32. The van der Waals surface area contributed by atoms with E-state index in [4.69, 9.17) is 28.9 Å². The number of aliphatic hydroxyl groups excluding tert-OH is 1. The minimum Gasteiger partial charge on any atom is -0.388 e. The van der Waals surface area contributed by atoms with Crippen LogP contribution >= 0.6 is 23.2 Å². The number of benzene rings is 1. The van der Waals surface area contributed by atoms with E-state index in [-0.39, 0.29) is 5.41 Å². The second-order valence-corrected chi connectivity index (χ2v) is 5.10. The van der Waals surface area contributed by atoms with Crippen LogP contribution in [0.4, 0.5) is 0 Å². The normalized spacial score (nSPS) is 16.9. The molecule has 90 valence electrons. The van der Waals surface area contributed by atoms with Crippen LogP contribution in [-0.4, -0.2) is 11.7 Å². The van der Waals surface area contributed by atoms with E-state index in [1.165, 1.54) is 0 Å². The minimum atomic E-state index is -0.628. The molecule has 16 heavy (non-hydrogen) atoms. The number of rotatable bonds is 4. The molecule has 0 heterocycles. The van der Waals surface area contributed by atoms with Crippen molar-refractivity contribution in [2.75, 3.05) is 6.54 Å². The maximum absolute atomic E-state index is 10.3. The molecule has 2 nitrogen and oxygen atoms in total. The van der Waals surface area contributed by atoms with Gasteiger partial charge in [0.2, 0.25) is 0 Å². The van der Waals surface area contributed by atoms with Gasteiger partial charge in [-0.25, -0.2) is 0 Å². The molecule has 0 saturated heterocycles. The molecule has 2 unspecified atom stereocenters.